The lowest BCUT2D eigenvalue weighted by Gasteiger charge is -2.17. The molecule has 1 unspecified atom stereocenters. The third-order valence-electron chi connectivity index (χ3n) is 3.35. The van der Waals surface area contributed by atoms with Gasteiger partial charge in [0, 0.05) is 15.0 Å². The topological polar surface area (TPSA) is 47.3 Å². The van der Waals surface area contributed by atoms with E-state index in [9.17, 15) is 0 Å². The van der Waals surface area contributed by atoms with E-state index in [4.69, 9.17) is 10.6 Å². The highest BCUT2D eigenvalue weighted by atomic mass is 79.9. The minimum atomic E-state index is 0.162. The molecule has 112 valence electrons. The standard InChI is InChI=1S/C16H18Br2N2O/c1-21-15-6-7-16(18)12(10-15)9-14(20-19)8-11-2-4-13(17)5-3-11/h2-7,10,14,20H,8-9,19H2,1H3. The molecule has 0 heterocycles. The van der Waals surface area contributed by atoms with Gasteiger partial charge >= 0.3 is 0 Å². The van der Waals surface area contributed by atoms with E-state index in [2.05, 4.69) is 49.4 Å². The predicted octanol–water partition coefficient (Wildman–Crippen LogP) is 3.84. The van der Waals surface area contributed by atoms with Gasteiger partial charge in [0.1, 0.15) is 5.75 Å². The second kappa shape index (κ2) is 7.94. The Morgan fingerprint density at radius 2 is 1.81 bits per heavy atom. The molecule has 3 N–H and O–H groups in total. The van der Waals surface area contributed by atoms with E-state index in [1.165, 1.54) is 11.1 Å². The molecule has 0 aromatic heterocycles. The maximum Gasteiger partial charge on any atom is 0.119 e. The maximum atomic E-state index is 5.71. The molecule has 0 aliphatic heterocycles. The Labute approximate surface area is 142 Å². The summed E-state index contributed by atoms with van der Waals surface area (Å²) in [5.74, 6) is 6.57. The molecule has 0 aliphatic carbocycles. The monoisotopic (exact) mass is 412 g/mol. The van der Waals surface area contributed by atoms with Crippen LogP contribution in [-0.4, -0.2) is 13.2 Å². The summed E-state index contributed by atoms with van der Waals surface area (Å²) in [7, 11) is 1.67. The van der Waals surface area contributed by atoms with Crippen molar-refractivity contribution < 1.29 is 4.74 Å². The maximum absolute atomic E-state index is 5.71. The van der Waals surface area contributed by atoms with Crippen LogP contribution in [0.25, 0.3) is 0 Å². The Morgan fingerprint density at radius 3 is 2.43 bits per heavy atom. The molecule has 2 aromatic carbocycles. The molecule has 0 radical (unpaired) electrons. The third kappa shape index (κ3) is 4.81. The highest BCUT2D eigenvalue weighted by Gasteiger charge is 2.12. The van der Waals surface area contributed by atoms with Crippen LogP contribution in [0, 0.1) is 0 Å². The Balaban J connectivity index is 2.10. The van der Waals surface area contributed by atoms with Gasteiger partial charge in [-0.15, -0.1) is 0 Å². The zero-order valence-electron chi connectivity index (χ0n) is 11.8. The summed E-state index contributed by atoms with van der Waals surface area (Å²) in [6.07, 6.45) is 1.69. The first-order chi connectivity index (χ1) is 10.1. The van der Waals surface area contributed by atoms with Crippen molar-refractivity contribution in [2.75, 3.05) is 7.11 Å². The van der Waals surface area contributed by atoms with Gasteiger partial charge < -0.3 is 4.74 Å². The van der Waals surface area contributed by atoms with Crippen LogP contribution in [-0.2, 0) is 12.8 Å². The van der Waals surface area contributed by atoms with E-state index in [0.29, 0.717) is 0 Å². The number of hydrogen-bond donors (Lipinski definition) is 2. The lowest BCUT2D eigenvalue weighted by atomic mass is 9.99. The van der Waals surface area contributed by atoms with Crippen LogP contribution in [0.2, 0.25) is 0 Å². The summed E-state index contributed by atoms with van der Waals surface area (Å²) >= 11 is 7.03. The van der Waals surface area contributed by atoms with Gasteiger partial charge in [-0.05, 0) is 54.3 Å². The lowest BCUT2D eigenvalue weighted by molar-refractivity contribution is 0.413. The quantitative estimate of drug-likeness (QED) is 0.558. The Kier molecular flexibility index (Phi) is 6.23. The van der Waals surface area contributed by atoms with Gasteiger partial charge in [0.05, 0.1) is 7.11 Å². The fourth-order valence-electron chi connectivity index (χ4n) is 2.19. The zero-order chi connectivity index (χ0) is 15.2. The molecule has 0 saturated carbocycles. The summed E-state index contributed by atoms with van der Waals surface area (Å²) in [5.41, 5.74) is 5.33. The van der Waals surface area contributed by atoms with E-state index in [1.807, 2.05) is 30.3 Å². The Hall–Kier alpha value is -0.880. The van der Waals surface area contributed by atoms with Crippen molar-refractivity contribution in [2.24, 2.45) is 5.84 Å². The van der Waals surface area contributed by atoms with Crippen molar-refractivity contribution >= 4 is 31.9 Å². The van der Waals surface area contributed by atoms with E-state index < -0.39 is 0 Å². The number of hydrazine groups is 1. The van der Waals surface area contributed by atoms with Gasteiger partial charge in [0.2, 0.25) is 0 Å². The van der Waals surface area contributed by atoms with Crippen molar-refractivity contribution in [3.8, 4) is 5.75 Å². The van der Waals surface area contributed by atoms with Crippen LogP contribution in [0.4, 0.5) is 0 Å². The van der Waals surface area contributed by atoms with Gasteiger partial charge in [-0.25, -0.2) is 0 Å². The molecule has 5 heteroatoms. The fourth-order valence-corrected chi connectivity index (χ4v) is 2.87. The first kappa shape index (κ1) is 16.5. The summed E-state index contributed by atoms with van der Waals surface area (Å²) in [5, 5.41) is 0. The molecule has 0 amide bonds. The number of ether oxygens (including phenoxy) is 1. The van der Waals surface area contributed by atoms with E-state index in [0.717, 1.165) is 27.5 Å². The molecule has 0 saturated heterocycles. The van der Waals surface area contributed by atoms with Crippen LogP contribution < -0.4 is 16.0 Å². The van der Waals surface area contributed by atoms with Crippen molar-refractivity contribution in [3.63, 3.8) is 0 Å². The average molecular weight is 414 g/mol. The minimum Gasteiger partial charge on any atom is -0.497 e. The first-order valence-corrected chi connectivity index (χ1v) is 8.24. The van der Waals surface area contributed by atoms with Crippen LogP contribution in [0.1, 0.15) is 11.1 Å². The molecule has 1 atom stereocenters. The normalized spacial score (nSPS) is 12.2. The van der Waals surface area contributed by atoms with E-state index in [1.54, 1.807) is 7.11 Å². The fraction of sp³-hybridized carbons (Fsp3) is 0.250. The van der Waals surface area contributed by atoms with E-state index in [-0.39, 0.29) is 6.04 Å². The summed E-state index contributed by atoms with van der Waals surface area (Å²) < 4.78 is 7.43. The number of nitrogens with one attached hydrogen (secondary N) is 1. The smallest absolute Gasteiger partial charge is 0.119 e. The Bertz CT molecular complexity index is 587. The molecule has 2 aromatic rings. The average Bonchev–Trinajstić information content (AvgIpc) is 2.50. The van der Waals surface area contributed by atoms with Crippen LogP contribution in [0.15, 0.2) is 51.4 Å². The van der Waals surface area contributed by atoms with Gasteiger partial charge in [-0.3, -0.25) is 11.3 Å². The summed E-state index contributed by atoms with van der Waals surface area (Å²) in [6.45, 7) is 0. The first-order valence-electron chi connectivity index (χ1n) is 6.65. The molecule has 3 nitrogen and oxygen atoms in total. The second-order valence-electron chi connectivity index (χ2n) is 4.86. The second-order valence-corrected chi connectivity index (χ2v) is 6.63. The molecule has 21 heavy (non-hydrogen) atoms. The molecule has 0 spiro atoms. The third-order valence-corrected chi connectivity index (χ3v) is 4.65. The number of benzene rings is 2. The Morgan fingerprint density at radius 1 is 1.10 bits per heavy atom. The zero-order valence-corrected chi connectivity index (χ0v) is 14.9. The molecular weight excluding hydrogens is 396 g/mol. The van der Waals surface area contributed by atoms with Crippen molar-refractivity contribution in [3.05, 3.63) is 62.5 Å². The highest BCUT2D eigenvalue weighted by Crippen LogP contribution is 2.24. The van der Waals surface area contributed by atoms with E-state index >= 15 is 0 Å². The molecule has 0 bridgehead atoms. The summed E-state index contributed by atoms with van der Waals surface area (Å²) in [4.78, 5) is 0. The minimum absolute atomic E-state index is 0.162. The van der Waals surface area contributed by atoms with Crippen LogP contribution >= 0.6 is 31.9 Å². The van der Waals surface area contributed by atoms with Gasteiger partial charge in [0.15, 0.2) is 0 Å². The van der Waals surface area contributed by atoms with Gasteiger partial charge in [-0.2, -0.15) is 0 Å². The van der Waals surface area contributed by atoms with Crippen LogP contribution in [0.3, 0.4) is 0 Å². The number of halogens is 2. The number of rotatable bonds is 6. The van der Waals surface area contributed by atoms with Gasteiger partial charge in [0.25, 0.3) is 0 Å². The van der Waals surface area contributed by atoms with Gasteiger partial charge in [-0.1, -0.05) is 44.0 Å². The van der Waals surface area contributed by atoms with Crippen molar-refractivity contribution in [1.29, 1.82) is 0 Å². The predicted molar refractivity (Wildman–Crippen MR) is 93.4 cm³/mol. The van der Waals surface area contributed by atoms with Crippen molar-refractivity contribution in [1.82, 2.24) is 5.43 Å². The lowest BCUT2D eigenvalue weighted by Crippen LogP contribution is -2.38. The van der Waals surface area contributed by atoms with Crippen molar-refractivity contribution in [2.45, 2.75) is 18.9 Å². The molecule has 0 aliphatic rings. The number of nitrogens with two attached hydrogens (primary N) is 1. The highest BCUT2D eigenvalue weighted by molar-refractivity contribution is 9.10. The molecule has 2 rings (SSSR count). The number of methoxy groups -OCH3 is 1. The molecule has 0 fully saturated rings. The SMILES string of the molecule is COc1ccc(Br)c(CC(Cc2ccc(Br)cc2)NN)c1. The molecular formula is C16H18Br2N2O. The largest absolute Gasteiger partial charge is 0.497 e. The number of hydrogen-bond acceptors (Lipinski definition) is 3. The van der Waals surface area contributed by atoms with Crippen LogP contribution in [0.5, 0.6) is 5.75 Å². The summed E-state index contributed by atoms with van der Waals surface area (Å²) in [6, 6.07) is 14.4.